The van der Waals surface area contributed by atoms with Crippen molar-refractivity contribution in [2.45, 2.75) is 32.4 Å². The summed E-state index contributed by atoms with van der Waals surface area (Å²) in [6.45, 7) is 2.24. The van der Waals surface area contributed by atoms with Gasteiger partial charge in [0, 0.05) is 23.5 Å². The van der Waals surface area contributed by atoms with Gasteiger partial charge in [-0.15, -0.1) is 0 Å². The Kier molecular flexibility index (Phi) is 4.51. The van der Waals surface area contributed by atoms with Gasteiger partial charge in [-0.1, -0.05) is 11.3 Å². The molecule has 0 bridgehead atoms. The van der Waals surface area contributed by atoms with E-state index in [9.17, 15) is 9.59 Å². The second kappa shape index (κ2) is 5.67. The van der Waals surface area contributed by atoms with Gasteiger partial charge in [0.2, 0.25) is 5.91 Å². The van der Waals surface area contributed by atoms with Gasteiger partial charge in [-0.25, -0.2) is 0 Å². The van der Waals surface area contributed by atoms with Gasteiger partial charge in [0.15, 0.2) is 0 Å². The minimum absolute atomic E-state index is 0.0386. The summed E-state index contributed by atoms with van der Waals surface area (Å²) in [5.74, 6) is -0.0423. The van der Waals surface area contributed by atoms with Gasteiger partial charge in [0.1, 0.15) is 0 Å². The number of hydrogen-bond donors (Lipinski definition) is 3. The molecule has 0 saturated heterocycles. The van der Waals surface area contributed by atoms with Crippen LogP contribution in [0.25, 0.3) is 0 Å². The van der Waals surface area contributed by atoms with E-state index >= 15 is 0 Å². The molecule has 1 aromatic rings. The Bertz CT molecular complexity index is 369. The van der Waals surface area contributed by atoms with Crippen molar-refractivity contribution in [1.82, 2.24) is 10.3 Å². The molecule has 1 rings (SSSR count). The lowest BCUT2D eigenvalue weighted by Crippen LogP contribution is -2.25. The number of amides is 1. The Labute approximate surface area is 91.7 Å². The number of nitrogens with two attached hydrogens (primary N) is 1. The van der Waals surface area contributed by atoms with Crippen LogP contribution < -0.4 is 15.9 Å². The predicted molar refractivity (Wildman–Crippen MR) is 59.7 cm³/mol. The number of H-pyrrole nitrogens is 1. The average Bonchev–Trinajstić information content (AvgIpc) is 2.58. The van der Waals surface area contributed by atoms with Crippen molar-refractivity contribution in [2.75, 3.05) is 0 Å². The van der Waals surface area contributed by atoms with Crippen molar-refractivity contribution in [2.24, 2.45) is 5.73 Å². The maximum Gasteiger partial charge on any atom is 0.304 e. The zero-order valence-electron chi connectivity index (χ0n) is 8.58. The lowest BCUT2D eigenvalue weighted by Gasteiger charge is -2.05. The third-order valence-corrected chi connectivity index (χ3v) is 2.59. The van der Waals surface area contributed by atoms with E-state index in [4.69, 9.17) is 5.73 Å². The van der Waals surface area contributed by atoms with Crippen LogP contribution in [0.5, 0.6) is 0 Å². The summed E-state index contributed by atoms with van der Waals surface area (Å²) in [5.41, 5.74) is 6.26. The molecular weight excluding hydrogens is 214 g/mol. The molecule has 0 saturated carbocycles. The molecule has 84 valence electrons. The van der Waals surface area contributed by atoms with Crippen molar-refractivity contribution in [1.29, 1.82) is 0 Å². The Balaban J connectivity index is 2.25. The molecule has 0 aliphatic carbocycles. The molecule has 6 heteroatoms. The standard InChI is InChI=1S/C9H15N3O2S/c1-6(10)2-3-8(13)11-4-7-5-15-9(14)12-7/h5-6H,2-4,10H2,1H3,(H,11,13)(H,12,14). The lowest BCUT2D eigenvalue weighted by molar-refractivity contribution is -0.121. The number of nitrogens with one attached hydrogen (secondary N) is 2. The topological polar surface area (TPSA) is 88.0 Å². The summed E-state index contributed by atoms with van der Waals surface area (Å²) >= 11 is 1.09. The Morgan fingerprint density at radius 3 is 3.00 bits per heavy atom. The zero-order valence-corrected chi connectivity index (χ0v) is 9.39. The molecule has 1 aromatic heterocycles. The SMILES string of the molecule is CC(N)CCC(=O)NCc1csc(=O)[nH]1. The second-order valence-electron chi connectivity index (χ2n) is 3.47. The van der Waals surface area contributed by atoms with Crippen LogP contribution in [-0.4, -0.2) is 16.9 Å². The van der Waals surface area contributed by atoms with Crippen molar-refractivity contribution < 1.29 is 4.79 Å². The van der Waals surface area contributed by atoms with Gasteiger partial charge in [-0.3, -0.25) is 9.59 Å². The van der Waals surface area contributed by atoms with Crippen molar-refractivity contribution >= 4 is 17.2 Å². The molecule has 0 aliphatic rings. The number of carbonyl (C=O) groups is 1. The van der Waals surface area contributed by atoms with E-state index in [1.54, 1.807) is 5.38 Å². The third kappa shape index (κ3) is 4.75. The summed E-state index contributed by atoms with van der Waals surface area (Å²) in [4.78, 5) is 24.6. The summed E-state index contributed by atoms with van der Waals surface area (Å²) < 4.78 is 0. The molecule has 1 heterocycles. The molecule has 0 fully saturated rings. The van der Waals surface area contributed by atoms with Crippen LogP contribution in [0.1, 0.15) is 25.5 Å². The Morgan fingerprint density at radius 2 is 2.47 bits per heavy atom. The first-order chi connectivity index (χ1) is 7.08. The number of aromatic amines is 1. The minimum Gasteiger partial charge on any atom is -0.351 e. The highest BCUT2D eigenvalue weighted by atomic mass is 32.1. The van der Waals surface area contributed by atoms with Crippen molar-refractivity contribution in [3.63, 3.8) is 0 Å². The van der Waals surface area contributed by atoms with E-state index in [-0.39, 0.29) is 16.8 Å². The molecule has 1 unspecified atom stereocenters. The average molecular weight is 229 g/mol. The number of rotatable bonds is 5. The van der Waals surface area contributed by atoms with Crippen LogP contribution in [-0.2, 0) is 11.3 Å². The molecule has 15 heavy (non-hydrogen) atoms. The van der Waals surface area contributed by atoms with Crippen LogP contribution in [0.3, 0.4) is 0 Å². The summed E-state index contributed by atoms with van der Waals surface area (Å²) in [6.07, 6.45) is 1.10. The first-order valence-corrected chi connectivity index (χ1v) is 5.65. The molecule has 5 nitrogen and oxygen atoms in total. The molecule has 0 aliphatic heterocycles. The normalized spacial score (nSPS) is 12.4. The van der Waals surface area contributed by atoms with Crippen LogP contribution in [0.2, 0.25) is 0 Å². The Morgan fingerprint density at radius 1 is 1.73 bits per heavy atom. The number of hydrogen-bond acceptors (Lipinski definition) is 4. The predicted octanol–water partition coefficient (Wildman–Crippen LogP) is 0.180. The molecular formula is C9H15N3O2S. The van der Waals surface area contributed by atoms with E-state index in [2.05, 4.69) is 10.3 Å². The zero-order chi connectivity index (χ0) is 11.3. The molecule has 0 spiro atoms. The fraction of sp³-hybridized carbons (Fsp3) is 0.556. The highest BCUT2D eigenvalue weighted by Crippen LogP contribution is 1.97. The number of carbonyl (C=O) groups excluding carboxylic acids is 1. The first-order valence-electron chi connectivity index (χ1n) is 4.77. The first kappa shape index (κ1) is 11.9. The quantitative estimate of drug-likeness (QED) is 0.673. The molecule has 1 atom stereocenters. The minimum atomic E-state index is -0.102. The summed E-state index contributed by atoms with van der Waals surface area (Å²) in [6, 6.07) is 0.0386. The number of thiazole rings is 1. The molecule has 0 aromatic carbocycles. The largest absolute Gasteiger partial charge is 0.351 e. The maximum atomic E-state index is 11.3. The van der Waals surface area contributed by atoms with E-state index in [0.29, 0.717) is 19.4 Å². The van der Waals surface area contributed by atoms with E-state index in [1.165, 1.54) is 0 Å². The molecule has 4 N–H and O–H groups in total. The van der Waals surface area contributed by atoms with E-state index in [0.717, 1.165) is 17.0 Å². The second-order valence-corrected chi connectivity index (χ2v) is 4.31. The number of aromatic nitrogens is 1. The maximum absolute atomic E-state index is 11.3. The van der Waals surface area contributed by atoms with Gasteiger partial charge >= 0.3 is 4.87 Å². The Hall–Kier alpha value is -1.14. The highest BCUT2D eigenvalue weighted by Gasteiger charge is 2.03. The lowest BCUT2D eigenvalue weighted by atomic mass is 10.2. The highest BCUT2D eigenvalue weighted by molar-refractivity contribution is 7.07. The van der Waals surface area contributed by atoms with Crippen LogP contribution >= 0.6 is 11.3 Å². The summed E-state index contributed by atoms with van der Waals surface area (Å²) in [5, 5.41) is 4.41. The van der Waals surface area contributed by atoms with Crippen molar-refractivity contribution in [3.8, 4) is 0 Å². The fourth-order valence-electron chi connectivity index (χ4n) is 1.04. The fourth-order valence-corrected chi connectivity index (χ4v) is 1.62. The van der Waals surface area contributed by atoms with E-state index < -0.39 is 0 Å². The molecule has 1 amide bonds. The smallest absolute Gasteiger partial charge is 0.304 e. The van der Waals surface area contributed by atoms with Gasteiger partial charge in [0.25, 0.3) is 0 Å². The van der Waals surface area contributed by atoms with Crippen LogP contribution in [0, 0.1) is 0 Å². The van der Waals surface area contributed by atoms with Gasteiger partial charge in [-0.05, 0) is 13.3 Å². The van der Waals surface area contributed by atoms with Gasteiger partial charge < -0.3 is 16.0 Å². The monoisotopic (exact) mass is 229 g/mol. The van der Waals surface area contributed by atoms with Crippen LogP contribution in [0.4, 0.5) is 0 Å². The molecule has 0 radical (unpaired) electrons. The van der Waals surface area contributed by atoms with Gasteiger partial charge in [-0.2, -0.15) is 0 Å². The van der Waals surface area contributed by atoms with Crippen molar-refractivity contribution in [3.05, 3.63) is 20.7 Å². The third-order valence-electron chi connectivity index (χ3n) is 1.87. The van der Waals surface area contributed by atoms with Gasteiger partial charge in [0.05, 0.1) is 6.54 Å². The van der Waals surface area contributed by atoms with E-state index in [1.807, 2.05) is 6.92 Å². The summed E-state index contributed by atoms with van der Waals surface area (Å²) in [7, 11) is 0. The van der Waals surface area contributed by atoms with Crippen LogP contribution in [0.15, 0.2) is 10.2 Å².